The summed E-state index contributed by atoms with van der Waals surface area (Å²) in [5.74, 6) is 4.15. The molecule has 4 aromatic rings. The molecule has 0 bridgehead atoms. The minimum absolute atomic E-state index is 0. The van der Waals surface area contributed by atoms with Crippen LogP contribution in [0.2, 0.25) is 0 Å². The molecule has 0 amide bonds. The SMILES string of the molecule is COc1cc(-c2cc(CN3CCN(Cc4ccnc(-c5cc(OC)c(OC)c(OC)c5)c4)[C@@H](CC(C)C)C3)ccn2)cc(OC)c1OC.Cl.Cl.Cl. The lowest BCUT2D eigenvalue weighted by molar-refractivity contribution is 0.0531. The van der Waals surface area contributed by atoms with E-state index in [0.717, 1.165) is 61.7 Å². The standard InChI is InChI=1S/C38H48N4O6.3ClH/c1-25(2)15-30-24-41(22-26-9-11-39-31(16-26)28-18-33(43-3)37(47-7)34(19-28)44-4)13-14-42(30)23-27-10-12-40-32(17-27)29-20-35(45-5)38(48-8)36(21-29)46-6;;;/h9-12,16-21,25,30H,13-15,22-24H2,1-8H3;3*1H/t30-;;;/m0.../s1. The predicted octanol–water partition coefficient (Wildman–Crippen LogP) is 7.86. The summed E-state index contributed by atoms with van der Waals surface area (Å²) in [7, 11) is 9.73. The topological polar surface area (TPSA) is 87.6 Å². The van der Waals surface area contributed by atoms with E-state index >= 15 is 0 Å². The molecular weight excluding hydrogens is 715 g/mol. The van der Waals surface area contributed by atoms with Crippen molar-refractivity contribution in [3.63, 3.8) is 0 Å². The molecule has 1 atom stereocenters. The number of benzene rings is 2. The van der Waals surface area contributed by atoms with Crippen LogP contribution < -0.4 is 28.4 Å². The molecule has 1 aliphatic heterocycles. The van der Waals surface area contributed by atoms with Crippen LogP contribution in [0.3, 0.4) is 0 Å². The van der Waals surface area contributed by atoms with Crippen LogP contribution in [-0.2, 0) is 13.1 Å². The lowest BCUT2D eigenvalue weighted by Gasteiger charge is -2.42. The minimum Gasteiger partial charge on any atom is -0.493 e. The minimum atomic E-state index is 0. The molecule has 0 saturated carbocycles. The van der Waals surface area contributed by atoms with E-state index in [1.54, 1.807) is 42.7 Å². The van der Waals surface area contributed by atoms with E-state index in [1.165, 1.54) is 11.1 Å². The van der Waals surface area contributed by atoms with Crippen LogP contribution in [0.5, 0.6) is 34.5 Å². The Balaban J connectivity index is 0.00000300. The van der Waals surface area contributed by atoms with E-state index < -0.39 is 0 Å². The first-order chi connectivity index (χ1) is 23.3. The van der Waals surface area contributed by atoms with Crippen molar-refractivity contribution in [2.45, 2.75) is 39.4 Å². The Morgan fingerprint density at radius 3 is 1.43 bits per heavy atom. The number of hydrogen-bond acceptors (Lipinski definition) is 10. The Kier molecular flexibility index (Phi) is 17.4. The molecule has 3 heterocycles. The summed E-state index contributed by atoms with van der Waals surface area (Å²) in [6.07, 6.45) is 4.88. The average molecular weight is 766 g/mol. The van der Waals surface area contributed by atoms with Gasteiger partial charge in [-0.2, -0.15) is 0 Å². The maximum absolute atomic E-state index is 5.59. The Bertz CT molecular complexity index is 1650. The van der Waals surface area contributed by atoms with E-state index in [2.05, 4.69) is 57.9 Å². The number of hydrogen-bond donors (Lipinski definition) is 0. The van der Waals surface area contributed by atoms with Crippen molar-refractivity contribution >= 4 is 37.2 Å². The lowest BCUT2D eigenvalue weighted by Crippen LogP contribution is -2.52. The lowest BCUT2D eigenvalue weighted by atomic mass is 9.98. The van der Waals surface area contributed by atoms with E-state index in [1.807, 2.05) is 36.7 Å². The molecule has 10 nitrogen and oxygen atoms in total. The van der Waals surface area contributed by atoms with Crippen LogP contribution in [0.4, 0.5) is 0 Å². The van der Waals surface area contributed by atoms with Crippen LogP contribution in [0.1, 0.15) is 31.4 Å². The van der Waals surface area contributed by atoms with Gasteiger partial charge in [0.15, 0.2) is 23.0 Å². The third kappa shape index (κ3) is 10.5. The molecular formula is C38H51Cl3N4O6. The quantitative estimate of drug-likeness (QED) is 0.127. The van der Waals surface area contributed by atoms with Gasteiger partial charge in [0.1, 0.15) is 0 Å². The third-order valence-corrected chi connectivity index (χ3v) is 8.79. The molecule has 2 aromatic heterocycles. The highest BCUT2D eigenvalue weighted by molar-refractivity contribution is 5.86. The Morgan fingerprint density at radius 1 is 0.608 bits per heavy atom. The molecule has 280 valence electrons. The summed E-state index contributed by atoms with van der Waals surface area (Å²) in [5.41, 5.74) is 6.00. The molecule has 0 unspecified atom stereocenters. The van der Waals surface area contributed by atoms with Crippen molar-refractivity contribution in [2.75, 3.05) is 62.3 Å². The Hall–Kier alpha value is -3.67. The summed E-state index contributed by atoms with van der Waals surface area (Å²) in [4.78, 5) is 14.5. The maximum Gasteiger partial charge on any atom is 0.203 e. The van der Waals surface area contributed by atoms with E-state index in [9.17, 15) is 0 Å². The van der Waals surface area contributed by atoms with Gasteiger partial charge in [-0.05, 0) is 72.0 Å². The number of halogens is 3. The summed E-state index contributed by atoms with van der Waals surface area (Å²) in [5, 5.41) is 0. The number of nitrogens with zero attached hydrogens (tertiary/aromatic N) is 4. The molecule has 0 spiro atoms. The summed E-state index contributed by atoms with van der Waals surface area (Å²) >= 11 is 0. The molecule has 2 aromatic carbocycles. The van der Waals surface area contributed by atoms with Gasteiger partial charge >= 0.3 is 0 Å². The second-order valence-corrected chi connectivity index (χ2v) is 12.4. The van der Waals surface area contributed by atoms with Crippen LogP contribution in [0.25, 0.3) is 22.5 Å². The highest BCUT2D eigenvalue weighted by Crippen LogP contribution is 2.42. The molecule has 51 heavy (non-hydrogen) atoms. The Morgan fingerprint density at radius 2 is 1.04 bits per heavy atom. The summed E-state index contributed by atoms with van der Waals surface area (Å²) in [6.45, 7) is 9.25. The second-order valence-electron chi connectivity index (χ2n) is 12.4. The number of aromatic nitrogens is 2. The Labute approximate surface area is 321 Å². The van der Waals surface area contributed by atoms with Crippen molar-refractivity contribution in [3.8, 4) is 57.0 Å². The van der Waals surface area contributed by atoms with Gasteiger partial charge in [0.2, 0.25) is 11.5 Å². The fourth-order valence-electron chi connectivity index (χ4n) is 6.49. The second kappa shape index (κ2) is 20.4. The molecule has 0 aliphatic carbocycles. The van der Waals surface area contributed by atoms with Gasteiger partial charge < -0.3 is 28.4 Å². The van der Waals surface area contributed by atoms with E-state index in [4.69, 9.17) is 28.4 Å². The van der Waals surface area contributed by atoms with E-state index in [-0.39, 0.29) is 37.2 Å². The smallest absolute Gasteiger partial charge is 0.203 e. The van der Waals surface area contributed by atoms with Crippen LogP contribution in [0.15, 0.2) is 60.9 Å². The highest BCUT2D eigenvalue weighted by Gasteiger charge is 2.28. The fraction of sp³-hybridized carbons (Fsp3) is 0.421. The number of pyridine rings is 2. The van der Waals surface area contributed by atoms with Crippen molar-refractivity contribution in [1.82, 2.24) is 19.8 Å². The zero-order chi connectivity index (χ0) is 34.2. The first-order valence-corrected chi connectivity index (χ1v) is 16.3. The first-order valence-electron chi connectivity index (χ1n) is 16.3. The van der Waals surface area contributed by atoms with Crippen LogP contribution >= 0.6 is 37.2 Å². The van der Waals surface area contributed by atoms with Crippen molar-refractivity contribution in [3.05, 3.63) is 72.1 Å². The van der Waals surface area contributed by atoms with Gasteiger partial charge in [0.25, 0.3) is 0 Å². The molecule has 13 heteroatoms. The summed E-state index contributed by atoms with van der Waals surface area (Å²) < 4.78 is 33.4. The zero-order valence-corrected chi connectivity index (χ0v) is 33.1. The maximum atomic E-state index is 5.59. The van der Waals surface area contributed by atoms with Gasteiger partial charge in [0, 0.05) is 62.3 Å². The molecule has 0 N–H and O–H groups in total. The van der Waals surface area contributed by atoms with Crippen LogP contribution in [-0.4, -0.2) is 88.1 Å². The zero-order valence-electron chi connectivity index (χ0n) is 30.6. The fourth-order valence-corrected chi connectivity index (χ4v) is 6.49. The predicted molar refractivity (Wildman–Crippen MR) is 209 cm³/mol. The third-order valence-electron chi connectivity index (χ3n) is 8.79. The van der Waals surface area contributed by atoms with Gasteiger partial charge in [0.05, 0.1) is 54.0 Å². The average Bonchev–Trinajstić information content (AvgIpc) is 3.11. The van der Waals surface area contributed by atoms with Crippen molar-refractivity contribution < 1.29 is 28.4 Å². The van der Waals surface area contributed by atoms with Crippen LogP contribution in [0, 0.1) is 5.92 Å². The summed E-state index contributed by atoms with van der Waals surface area (Å²) in [6, 6.07) is 16.7. The number of rotatable bonds is 14. The molecule has 1 fully saturated rings. The largest absolute Gasteiger partial charge is 0.493 e. The van der Waals surface area contributed by atoms with Gasteiger partial charge in [-0.3, -0.25) is 19.8 Å². The monoisotopic (exact) mass is 764 g/mol. The van der Waals surface area contributed by atoms with E-state index in [0.29, 0.717) is 46.5 Å². The van der Waals surface area contributed by atoms with Crippen molar-refractivity contribution in [1.29, 1.82) is 0 Å². The number of ether oxygens (including phenoxy) is 6. The molecule has 1 saturated heterocycles. The first kappa shape index (κ1) is 43.5. The van der Waals surface area contributed by atoms with Gasteiger partial charge in [-0.15, -0.1) is 37.2 Å². The molecule has 5 rings (SSSR count). The van der Waals surface area contributed by atoms with Crippen molar-refractivity contribution in [2.24, 2.45) is 5.92 Å². The van der Waals surface area contributed by atoms with Gasteiger partial charge in [-0.1, -0.05) is 13.8 Å². The number of piperazine rings is 1. The molecule has 1 aliphatic rings. The highest BCUT2D eigenvalue weighted by atomic mass is 35.5. The van der Waals surface area contributed by atoms with Gasteiger partial charge in [-0.25, -0.2) is 0 Å². The molecule has 0 radical (unpaired) electrons. The normalized spacial score (nSPS) is 14.4. The number of methoxy groups -OCH3 is 6.